The number of benzene rings is 3. The van der Waals surface area contributed by atoms with Gasteiger partial charge in [-0.15, -0.1) is 0 Å². The third kappa shape index (κ3) is 5.89. The molecule has 3 aromatic carbocycles. The lowest BCUT2D eigenvalue weighted by Crippen LogP contribution is -2.47. The Kier molecular flexibility index (Phi) is 7.63. The van der Waals surface area contributed by atoms with Crippen molar-refractivity contribution in [2.45, 2.75) is 32.5 Å². The Morgan fingerprint density at radius 1 is 1.00 bits per heavy atom. The average molecular weight is 490 g/mol. The highest BCUT2D eigenvalue weighted by Gasteiger charge is 2.47. The second-order valence-electron chi connectivity index (χ2n) is 9.09. The van der Waals surface area contributed by atoms with Gasteiger partial charge in [-0.2, -0.15) is 0 Å². The van der Waals surface area contributed by atoms with Gasteiger partial charge in [-0.25, -0.2) is 9.18 Å². The Morgan fingerprint density at radius 2 is 1.72 bits per heavy atom. The van der Waals surface area contributed by atoms with Crippen molar-refractivity contribution in [3.8, 4) is 0 Å². The Labute approximate surface area is 209 Å². The van der Waals surface area contributed by atoms with Gasteiger partial charge in [-0.3, -0.25) is 14.5 Å². The van der Waals surface area contributed by atoms with Gasteiger partial charge in [0.05, 0.1) is 6.54 Å². The topological polar surface area (TPSA) is 87.7 Å². The fraction of sp³-hybridized carbons (Fsp3) is 0.250. The lowest BCUT2D eigenvalue weighted by Gasteiger charge is -2.25. The molecule has 7 nitrogen and oxygen atoms in total. The van der Waals surface area contributed by atoms with E-state index in [4.69, 9.17) is 4.74 Å². The van der Waals surface area contributed by atoms with Crippen molar-refractivity contribution in [2.24, 2.45) is 5.92 Å². The molecule has 0 radical (unpaired) electrons. The van der Waals surface area contributed by atoms with E-state index < -0.39 is 30.0 Å². The third-order valence-corrected chi connectivity index (χ3v) is 5.81. The number of ether oxygens (including phenoxy) is 1. The molecule has 1 saturated heterocycles. The number of nitrogens with zero attached hydrogens (tertiary/aromatic N) is 1. The first-order valence-electron chi connectivity index (χ1n) is 11.8. The average Bonchev–Trinajstić information content (AvgIpc) is 3.19. The highest BCUT2D eigenvalue weighted by atomic mass is 19.1. The van der Waals surface area contributed by atoms with Gasteiger partial charge in [0.15, 0.2) is 12.1 Å². The van der Waals surface area contributed by atoms with Crippen LogP contribution in [0.15, 0.2) is 78.9 Å². The Bertz CT molecular complexity index is 1230. The van der Waals surface area contributed by atoms with E-state index in [1.807, 2.05) is 44.2 Å². The molecule has 1 heterocycles. The number of cyclic esters (lactones) is 1. The molecule has 2 unspecified atom stereocenters. The van der Waals surface area contributed by atoms with Crippen molar-refractivity contribution >= 4 is 23.6 Å². The second kappa shape index (κ2) is 11.0. The van der Waals surface area contributed by atoms with E-state index in [1.54, 1.807) is 24.3 Å². The number of carbonyl (C=O) groups excluding carboxylic acids is 3. The first-order chi connectivity index (χ1) is 17.3. The minimum atomic E-state index is -0.889. The number of amides is 3. The maximum atomic E-state index is 13.3. The van der Waals surface area contributed by atoms with Crippen molar-refractivity contribution in [2.75, 3.05) is 11.9 Å². The van der Waals surface area contributed by atoms with Crippen LogP contribution in [0, 0.1) is 11.7 Å². The summed E-state index contributed by atoms with van der Waals surface area (Å²) in [5.41, 5.74) is 2.20. The van der Waals surface area contributed by atoms with Crippen molar-refractivity contribution in [1.29, 1.82) is 0 Å². The highest BCUT2D eigenvalue weighted by molar-refractivity contribution is 6.04. The summed E-state index contributed by atoms with van der Waals surface area (Å²) in [5.74, 6) is -0.917. The molecular formula is C28H28FN3O4. The van der Waals surface area contributed by atoms with Crippen LogP contribution in [0.25, 0.3) is 0 Å². The van der Waals surface area contributed by atoms with Crippen LogP contribution in [0.2, 0.25) is 0 Å². The molecule has 1 aliphatic rings. The maximum absolute atomic E-state index is 13.3. The summed E-state index contributed by atoms with van der Waals surface area (Å²) >= 11 is 0. The van der Waals surface area contributed by atoms with Crippen molar-refractivity contribution < 1.29 is 23.5 Å². The molecule has 4 rings (SSSR count). The zero-order valence-electron chi connectivity index (χ0n) is 20.1. The molecule has 0 bridgehead atoms. The van der Waals surface area contributed by atoms with Gasteiger partial charge in [0.2, 0.25) is 5.91 Å². The van der Waals surface area contributed by atoms with E-state index in [0.717, 1.165) is 5.56 Å². The molecule has 3 aromatic rings. The lowest BCUT2D eigenvalue weighted by atomic mass is 9.99. The van der Waals surface area contributed by atoms with E-state index in [0.29, 0.717) is 23.4 Å². The zero-order valence-corrected chi connectivity index (χ0v) is 20.1. The van der Waals surface area contributed by atoms with Crippen LogP contribution in [0.3, 0.4) is 0 Å². The van der Waals surface area contributed by atoms with Gasteiger partial charge in [-0.05, 0) is 53.4 Å². The first kappa shape index (κ1) is 24.9. The monoisotopic (exact) mass is 489 g/mol. The minimum Gasteiger partial charge on any atom is -0.438 e. The molecule has 0 spiro atoms. The van der Waals surface area contributed by atoms with Crippen LogP contribution >= 0.6 is 0 Å². The summed E-state index contributed by atoms with van der Waals surface area (Å²) < 4.78 is 18.9. The van der Waals surface area contributed by atoms with Crippen LogP contribution in [0.5, 0.6) is 0 Å². The van der Waals surface area contributed by atoms with Crippen molar-refractivity contribution in [3.05, 3.63) is 101 Å². The number of hydrogen-bond donors (Lipinski definition) is 2. The summed E-state index contributed by atoms with van der Waals surface area (Å²) in [6.45, 7) is 4.66. The van der Waals surface area contributed by atoms with Gasteiger partial charge < -0.3 is 15.4 Å². The Morgan fingerprint density at radius 3 is 2.42 bits per heavy atom. The third-order valence-electron chi connectivity index (χ3n) is 5.81. The van der Waals surface area contributed by atoms with E-state index in [9.17, 15) is 18.8 Å². The molecular weight excluding hydrogens is 461 g/mol. The smallest absolute Gasteiger partial charge is 0.411 e. The highest BCUT2D eigenvalue weighted by Crippen LogP contribution is 2.35. The van der Waals surface area contributed by atoms with E-state index in [-0.39, 0.29) is 18.4 Å². The van der Waals surface area contributed by atoms with Crippen LogP contribution < -0.4 is 10.6 Å². The molecule has 1 aliphatic heterocycles. The number of anilines is 1. The molecule has 0 saturated carbocycles. The summed E-state index contributed by atoms with van der Waals surface area (Å²) in [4.78, 5) is 40.2. The van der Waals surface area contributed by atoms with Crippen LogP contribution in [0.1, 0.15) is 41.4 Å². The molecule has 2 atom stereocenters. The number of rotatable bonds is 8. The SMILES string of the molecule is CC(C)CNC(=O)C1C(c2cccc(NC(=O)c3ccc(F)cc3)c2)OC(=O)N1Cc1ccccc1. The predicted octanol–water partition coefficient (Wildman–Crippen LogP) is 4.91. The largest absolute Gasteiger partial charge is 0.438 e. The van der Waals surface area contributed by atoms with Gasteiger partial charge in [0.1, 0.15) is 5.82 Å². The summed E-state index contributed by atoms with van der Waals surface area (Å²) in [7, 11) is 0. The van der Waals surface area contributed by atoms with Gasteiger partial charge in [0, 0.05) is 17.8 Å². The van der Waals surface area contributed by atoms with E-state index in [2.05, 4.69) is 10.6 Å². The maximum Gasteiger partial charge on any atom is 0.411 e. The molecule has 3 amide bonds. The molecule has 2 N–H and O–H groups in total. The first-order valence-corrected chi connectivity index (χ1v) is 11.8. The zero-order chi connectivity index (χ0) is 25.7. The predicted molar refractivity (Wildman–Crippen MR) is 134 cm³/mol. The number of hydrogen-bond acceptors (Lipinski definition) is 4. The van der Waals surface area contributed by atoms with Crippen molar-refractivity contribution in [3.63, 3.8) is 0 Å². The standard InChI is InChI=1S/C28H28FN3O4/c1-18(2)16-30-27(34)24-25(36-28(35)32(24)17-19-7-4-3-5-8-19)21-9-6-10-23(15-21)31-26(33)20-11-13-22(29)14-12-20/h3-15,18,24-25H,16-17H2,1-2H3,(H,30,34)(H,31,33). The molecule has 1 fully saturated rings. The van der Waals surface area contributed by atoms with E-state index >= 15 is 0 Å². The van der Waals surface area contributed by atoms with Crippen LogP contribution in [-0.2, 0) is 16.1 Å². The van der Waals surface area contributed by atoms with Crippen LogP contribution in [-0.4, -0.2) is 35.4 Å². The molecule has 186 valence electrons. The fourth-order valence-corrected chi connectivity index (χ4v) is 4.00. The number of halogens is 1. The summed E-state index contributed by atoms with van der Waals surface area (Å²) in [5, 5.41) is 5.69. The van der Waals surface area contributed by atoms with Gasteiger partial charge in [0.25, 0.3) is 5.91 Å². The molecule has 8 heteroatoms. The molecule has 36 heavy (non-hydrogen) atoms. The van der Waals surface area contributed by atoms with E-state index in [1.165, 1.54) is 29.2 Å². The second-order valence-corrected chi connectivity index (χ2v) is 9.09. The summed E-state index contributed by atoms with van der Waals surface area (Å²) in [6.07, 6.45) is -1.45. The molecule has 0 aliphatic carbocycles. The Balaban J connectivity index is 1.59. The normalized spacial score (nSPS) is 17.1. The minimum absolute atomic E-state index is 0.219. The summed E-state index contributed by atoms with van der Waals surface area (Å²) in [6, 6.07) is 20.5. The quantitative estimate of drug-likeness (QED) is 0.471. The van der Waals surface area contributed by atoms with Crippen molar-refractivity contribution in [1.82, 2.24) is 10.2 Å². The van der Waals surface area contributed by atoms with Crippen LogP contribution in [0.4, 0.5) is 14.9 Å². The number of nitrogens with one attached hydrogen (secondary N) is 2. The lowest BCUT2D eigenvalue weighted by molar-refractivity contribution is -0.126. The van der Waals surface area contributed by atoms with Gasteiger partial charge in [-0.1, -0.05) is 56.3 Å². The Hall–Kier alpha value is -4.20. The molecule has 0 aromatic heterocycles. The fourth-order valence-electron chi connectivity index (χ4n) is 4.00. The van der Waals surface area contributed by atoms with Gasteiger partial charge >= 0.3 is 6.09 Å². The number of carbonyl (C=O) groups is 3.